The van der Waals surface area contributed by atoms with Gasteiger partial charge in [0, 0.05) is 40.0 Å². The molecule has 10 rings (SSSR count). The summed E-state index contributed by atoms with van der Waals surface area (Å²) in [6.45, 7) is 0. The van der Waals surface area contributed by atoms with E-state index in [1.54, 1.807) is 0 Å². The highest BCUT2D eigenvalue weighted by molar-refractivity contribution is 6.25. The molecular formula is C47H29N3. The molecule has 0 bridgehead atoms. The van der Waals surface area contributed by atoms with Crippen LogP contribution in [-0.2, 0) is 0 Å². The van der Waals surface area contributed by atoms with Gasteiger partial charge in [-0.15, -0.1) is 0 Å². The minimum absolute atomic E-state index is 0.705. The zero-order valence-corrected chi connectivity index (χ0v) is 27.1. The van der Waals surface area contributed by atoms with Crippen molar-refractivity contribution in [2.24, 2.45) is 0 Å². The van der Waals surface area contributed by atoms with E-state index in [-0.39, 0.29) is 0 Å². The van der Waals surface area contributed by atoms with Crippen molar-refractivity contribution >= 4 is 43.1 Å². The van der Waals surface area contributed by atoms with Gasteiger partial charge in [0.25, 0.3) is 0 Å². The molecular weight excluding hydrogens is 607 g/mol. The smallest absolute Gasteiger partial charge is 0.160 e. The van der Waals surface area contributed by atoms with Gasteiger partial charge < -0.3 is 0 Å². The predicted octanol–water partition coefficient (Wildman–Crippen LogP) is 12.3. The van der Waals surface area contributed by atoms with Gasteiger partial charge in [-0.25, -0.2) is 9.97 Å². The highest BCUT2D eigenvalue weighted by Gasteiger charge is 2.14. The zero-order chi connectivity index (χ0) is 33.0. The van der Waals surface area contributed by atoms with E-state index in [1.165, 1.54) is 48.8 Å². The Morgan fingerprint density at radius 2 is 0.880 bits per heavy atom. The fourth-order valence-electron chi connectivity index (χ4n) is 7.43. The van der Waals surface area contributed by atoms with Crippen LogP contribution < -0.4 is 0 Å². The van der Waals surface area contributed by atoms with Crippen LogP contribution in [0.2, 0.25) is 0 Å². The molecule has 0 N–H and O–H groups in total. The van der Waals surface area contributed by atoms with Crippen LogP contribution in [0.5, 0.6) is 0 Å². The van der Waals surface area contributed by atoms with E-state index in [0.717, 1.165) is 44.6 Å². The lowest BCUT2D eigenvalue weighted by atomic mass is 9.89. The summed E-state index contributed by atoms with van der Waals surface area (Å²) in [5.74, 6) is 0.705. The first-order valence-corrected chi connectivity index (χ1v) is 16.9. The molecule has 0 saturated heterocycles. The van der Waals surface area contributed by atoms with Crippen molar-refractivity contribution in [1.29, 1.82) is 0 Å². The van der Waals surface area contributed by atoms with Crippen LogP contribution in [-0.4, -0.2) is 15.0 Å². The number of pyridine rings is 1. The first kappa shape index (κ1) is 28.3. The van der Waals surface area contributed by atoms with Crippen LogP contribution in [0.3, 0.4) is 0 Å². The average molecular weight is 636 g/mol. The Labute approximate surface area is 289 Å². The molecule has 0 aliphatic heterocycles. The molecule has 0 radical (unpaired) electrons. The summed E-state index contributed by atoms with van der Waals surface area (Å²) in [4.78, 5) is 14.7. The van der Waals surface area contributed by atoms with Crippen molar-refractivity contribution in [3.63, 3.8) is 0 Å². The predicted molar refractivity (Wildman–Crippen MR) is 208 cm³/mol. The molecule has 3 heteroatoms. The molecule has 10 aromatic rings. The topological polar surface area (TPSA) is 38.7 Å². The standard InChI is InChI=1S/C47H29N3/c1-2-7-37(8-3-1)47-49-43(27-44(50-47)33-19-15-31(16-20-33)42-29-48-28-38-9-4-5-12-39(38)42)32-17-13-30(14-18-32)40-25-23-36-22-21-34-10-6-11-35-24-26-41(40)46(36)45(34)35/h1-29H. The normalized spacial score (nSPS) is 11.6. The van der Waals surface area contributed by atoms with Gasteiger partial charge >= 0.3 is 0 Å². The molecule has 0 amide bonds. The van der Waals surface area contributed by atoms with Crippen LogP contribution in [0.1, 0.15) is 0 Å². The molecule has 0 unspecified atom stereocenters. The molecule has 232 valence electrons. The number of aromatic nitrogens is 3. The molecule has 50 heavy (non-hydrogen) atoms. The van der Waals surface area contributed by atoms with E-state index >= 15 is 0 Å². The third kappa shape index (κ3) is 4.71. The van der Waals surface area contributed by atoms with Gasteiger partial charge in [0.1, 0.15) is 0 Å². The molecule has 0 aliphatic carbocycles. The first-order chi connectivity index (χ1) is 24.8. The SMILES string of the molecule is c1ccc(-c2nc(-c3ccc(-c4cncc5ccccc45)cc3)cc(-c3ccc(-c4ccc5ccc6cccc7ccc4c5c67)cc3)n2)cc1. The molecule has 0 fully saturated rings. The van der Waals surface area contributed by atoms with Gasteiger partial charge in [-0.2, -0.15) is 0 Å². The molecule has 2 aromatic heterocycles. The van der Waals surface area contributed by atoms with Crippen molar-refractivity contribution in [2.45, 2.75) is 0 Å². The van der Waals surface area contributed by atoms with E-state index in [0.29, 0.717) is 5.82 Å². The maximum atomic E-state index is 5.09. The van der Waals surface area contributed by atoms with Gasteiger partial charge in [-0.05, 0) is 60.5 Å². The second-order valence-corrected chi connectivity index (χ2v) is 12.9. The molecule has 2 heterocycles. The molecule has 3 nitrogen and oxygen atoms in total. The molecule has 0 aliphatic rings. The maximum Gasteiger partial charge on any atom is 0.160 e. The fourth-order valence-corrected chi connectivity index (χ4v) is 7.43. The second-order valence-electron chi connectivity index (χ2n) is 12.9. The van der Waals surface area contributed by atoms with Gasteiger partial charge in [-0.3, -0.25) is 4.98 Å². The summed E-state index contributed by atoms with van der Waals surface area (Å²) in [5.41, 5.74) is 9.49. The molecule has 0 spiro atoms. The Morgan fingerprint density at radius 1 is 0.320 bits per heavy atom. The lowest BCUT2D eigenvalue weighted by molar-refractivity contribution is 1.18. The van der Waals surface area contributed by atoms with E-state index in [9.17, 15) is 0 Å². The quantitative estimate of drug-likeness (QED) is 0.177. The van der Waals surface area contributed by atoms with Crippen molar-refractivity contribution in [2.75, 3.05) is 0 Å². The summed E-state index contributed by atoms with van der Waals surface area (Å²) >= 11 is 0. The Kier molecular flexibility index (Phi) is 6.49. The monoisotopic (exact) mass is 635 g/mol. The van der Waals surface area contributed by atoms with E-state index in [2.05, 4.69) is 145 Å². The minimum atomic E-state index is 0.705. The molecule has 8 aromatic carbocycles. The Balaban J connectivity index is 1.05. The summed E-state index contributed by atoms with van der Waals surface area (Å²) in [5, 5.41) is 10.1. The number of hydrogen-bond donors (Lipinski definition) is 0. The van der Waals surface area contributed by atoms with Crippen LogP contribution in [0, 0.1) is 0 Å². The van der Waals surface area contributed by atoms with Crippen LogP contribution >= 0.6 is 0 Å². The average Bonchev–Trinajstić information content (AvgIpc) is 3.20. The van der Waals surface area contributed by atoms with Crippen LogP contribution in [0.25, 0.3) is 99.2 Å². The second kappa shape index (κ2) is 11.5. The number of benzene rings is 8. The van der Waals surface area contributed by atoms with E-state index in [1.807, 2.05) is 36.7 Å². The third-order valence-corrected chi connectivity index (χ3v) is 9.94. The minimum Gasteiger partial charge on any atom is -0.263 e. The van der Waals surface area contributed by atoms with E-state index in [4.69, 9.17) is 9.97 Å². The highest BCUT2D eigenvalue weighted by atomic mass is 14.9. The number of hydrogen-bond acceptors (Lipinski definition) is 3. The van der Waals surface area contributed by atoms with Crippen molar-refractivity contribution in [3.8, 4) is 56.2 Å². The first-order valence-electron chi connectivity index (χ1n) is 16.9. The number of nitrogens with zero attached hydrogens (tertiary/aromatic N) is 3. The largest absolute Gasteiger partial charge is 0.263 e. The van der Waals surface area contributed by atoms with Crippen LogP contribution in [0.4, 0.5) is 0 Å². The summed E-state index contributed by atoms with van der Waals surface area (Å²) in [7, 11) is 0. The lowest BCUT2D eigenvalue weighted by Crippen LogP contribution is -1.96. The molecule has 0 saturated carbocycles. The Morgan fingerprint density at radius 3 is 1.60 bits per heavy atom. The zero-order valence-electron chi connectivity index (χ0n) is 27.1. The fraction of sp³-hybridized carbons (Fsp3) is 0. The van der Waals surface area contributed by atoms with E-state index < -0.39 is 0 Å². The molecule has 0 atom stereocenters. The third-order valence-electron chi connectivity index (χ3n) is 9.94. The summed E-state index contributed by atoms with van der Waals surface area (Å²) in [6.07, 6.45) is 3.86. The van der Waals surface area contributed by atoms with Gasteiger partial charge in [0.05, 0.1) is 11.4 Å². The summed E-state index contributed by atoms with van der Waals surface area (Å²) in [6, 6.07) is 58.2. The maximum absolute atomic E-state index is 5.09. The Bertz CT molecular complexity index is 2820. The summed E-state index contributed by atoms with van der Waals surface area (Å²) < 4.78 is 0. The number of rotatable bonds is 5. The number of fused-ring (bicyclic) bond motifs is 1. The van der Waals surface area contributed by atoms with Crippen molar-refractivity contribution in [3.05, 3.63) is 176 Å². The van der Waals surface area contributed by atoms with Gasteiger partial charge in [0.15, 0.2) is 5.82 Å². The van der Waals surface area contributed by atoms with Crippen molar-refractivity contribution < 1.29 is 0 Å². The van der Waals surface area contributed by atoms with Crippen LogP contribution in [0.15, 0.2) is 176 Å². The Hall–Kier alpha value is -6.71. The van der Waals surface area contributed by atoms with Crippen molar-refractivity contribution in [1.82, 2.24) is 15.0 Å². The highest BCUT2D eigenvalue weighted by Crippen LogP contribution is 2.40. The van der Waals surface area contributed by atoms with Gasteiger partial charge in [0.2, 0.25) is 0 Å². The lowest BCUT2D eigenvalue weighted by Gasteiger charge is -2.14. The van der Waals surface area contributed by atoms with Gasteiger partial charge in [-0.1, -0.05) is 158 Å².